The minimum absolute atomic E-state index is 0.0271. The Hall–Kier alpha value is -1.57. The van der Waals surface area contributed by atoms with E-state index >= 15 is 0 Å². The normalized spacial score (nSPS) is 11.4. The van der Waals surface area contributed by atoms with Crippen LogP contribution in [0.25, 0.3) is 0 Å². The van der Waals surface area contributed by atoms with Gasteiger partial charge in [-0.05, 0) is 55.3 Å². The molecule has 0 aliphatic heterocycles. The van der Waals surface area contributed by atoms with Crippen molar-refractivity contribution >= 4 is 43.0 Å². The highest BCUT2D eigenvalue weighted by Crippen LogP contribution is 2.30. The van der Waals surface area contributed by atoms with E-state index in [1.54, 1.807) is 12.1 Å². The molecule has 5 nitrogen and oxygen atoms in total. The zero-order chi connectivity index (χ0) is 15.8. The van der Waals surface area contributed by atoms with E-state index in [4.69, 9.17) is 10.9 Å². The highest BCUT2D eigenvalue weighted by Gasteiger charge is 2.15. The second kappa shape index (κ2) is 5.67. The Morgan fingerprint density at radius 3 is 2.19 bits per heavy atom. The standard InChI is InChI=1S/C14H16BrN3O2S/c1-8-5-11(6-9(2)14(8)15)18-12-4-3-10(16)7-13(12)21(17,19)20/h3-7,18H,16H2,1-2H3,(H2,17,19,20). The maximum absolute atomic E-state index is 11.7. The molecule has 2 aromatic rings. The highest BCUT2D eigenvalue weighted by molar-refractivity contribution is 9.10. The van der Waals surface area contributed by atoms with Crippen molar-refractivity contribution < 1.29 is 8.42 Å². The number of sulfonamides is 1. The zero-order valence-electron chi connectivity index (χ0n) is 11.6. The lowest BCUT2D eigenvalue weighted by molar-refractivity contribution is 0.598. The fraction of sp³-hybridized carbons (Fsp3) is 0.143. The lowest BCUT2D eigenvalue weighted by Crippen LogP contribution is -2.14. The Balaban J connectivity index is 2.50. The molecule has 0 aromatic heterocycles. The molecule has 0 bridgehead atoms. The minimum Gasteiger partial charge on any atom is -0.399 e. The van der Waals surface area contributed by atoms with Crippen molar-refractivity contribution in [2.45, 2.75) is 18.7 Å². The van der Waals surface area contributed by atoms with E-state index in [-0.39, 0.29) is 4.90 Å². The van der Waals surface area contributed by atoms with Crippen LogP contribution in [0.1, 0.15) is 11.1 Å². The summed E-state index contributed by atoms with van der Waals surface area (Å²) in [6.07, 6.45) is 0. The highest BCUT2D eigenvalue weighted by atomic mass is 79.9. The number of hydrogen-bond acceptors (Lipinski definition) is 4. The van der Waals surface area contributed by atoms with Gasteiger partial charge in [-0.15, -0.1) is 0 Å². The van der Waals surface area contributed by atoms with Crippen LogP contribution in [0.15, 0.2) is 39.7 Å². The molecule has 0 spiro atoms. The molecule has 0 unspecified atom stereocenters. The van der Waals surface area contributed by atoms with Crippen LogP contribution in [0.5, 0.6) is 0 Å². The average Bonchev–Trinajstić information content (AvgIpc) is 2.37. The van der Waals surface area contributed by atoms with E-state index in [0.717, 1.165) is 21.3 Å². The monoisotopic (exact) mass is 369 g/mol. The van der Waals surface area contributed by atoms with Gasteiger partial charge in [0.2, 0.25) is 10.0 Å². The van der Waals surface area contributed by atoms with Gasteiger partial charge in [0.1, 0.15) is 4.90 Å². The molecule has 2 rings (SSSR count). The summed E-state index contributed by atoms with van der Waals surface area (Å²) in [6.45, 7) is 3.93. The number of nitrogens with two attached hydrogens (primary N) is 2. The number of primary sulfonamides is 1. The number of anilines is 3. The lowest BCUT2D eigenvalue weighted by atomic mass is 10.1. The molecule has 5 N–H and O–H groups in total. The zero-order valence-corrected chi connectivity index (χ0v) is 14.0. The van der Waals surface area contributed by atoms with E-state index in [1.165, 1.54) is 6.07 Å². The summed E-state index contributed by atoms with van der Waals surface area (Å²) < 4.78 is 24.3. The first-order valence-electron chi connectivity index (χ1n) is 6.14. The molecule has 7 heteroatoms. The van der Waals surface area contributed by atoms with Crippen LogP contribution in [0.2, 0.25) is 0 Å². The number of nitrogens with one attached hydrogen (secondary N) is 1. The van der Waals surface area contributed by atoms with Crippen molar-refractivity contribution in [1.29, 1.82) is 0 Å². The van der Waals surface area contributed by atoms with E-state index in [0.29, 0.717) is 11.4 Å². The molecule has 0 aliphatic carbocycles. The molecule has 0 aliphatic rings. The first kappa shape index (κ1) is 15.8. The largest absolute Gasteiger partial charge is 0.399 e. The first-order valence-corrected chi connectivity index (χ1v) is 8.48. The third-order valence-electron chi connectivity index (χ3n) is 3.03. The summed E-state index contributed by atoms with van der Waals surface area (Å²) in [4.78, 5) is -0.0271. The molecule has 0 fully saturated rings. The van der Waals surface area contributed by atoms with Gasteiger partial charge in [0, 0.05) is 15.8 Å². The van der Waals surface area contributed by atoms with E-state index < -0.39 is 10.0 Å². The summed E-state index contributed by atoms with van der Waals surface area (Å²) in [5, 5.41) is 8.31. The summed E-state index contributed by atoms with van der Waals surface area (Å²) in [5.74, 6) is 0. The maximum atomic E-state index is 11.7. The Bertz CT molecular complexity index is 781. The summed E-state index contributed by atoms with van der Waals surface area (Å²) >= 11 is 3.49. The molecular formula is C14H16BrN3O2S. The smallest absolute Gasteiger partial charge is 0.240 e. The minimum atomic E-state index is -3.86. The number of aryl methyl sites for hydroxylation is 2. The van der Waals surface area contributed by atoms with E-state index in [2.05, 4.69) is 21.2 Å². The van der Waals surface area contributed by atoms with Gasteiger partial charge in [-0.25, -0.2) is 13.6 Å². The maximum Gasteiger partial charge on any atom is 0.240 e. The first-order chi connectivity index (χ1) is 9.68. The quantitative estimate of drug-likeness (QED) is 0.724. The van der Waals surface area contributed by atoms with Crippen LogP contribution in [0.3, 0.4) is 0 Å². The van der Waals surface area contributed by atoms with Crippen molar-refractivity contribution in [1.82, 2.24) is 0 Å². The second-order valence-corrected chi connectivity index (χ2v) is 7.17. The van der Waals surface area contributed by atoms with Gasteiger partial charge >= 0.3 is 0 Å². The van der Waals surface area contributed by atoms with Crippen molar-refractivity contribution in [2.75, 3.05) is 11.1 Å². The van der Waals surface area contributed by atoms with Crippen LogP contribution in [0, 0.1) is 13.8 Å². The number of nitrogen functional groups attached to an aromatic ring is 1. The Kier molecular flexibility index (Phi) is 4.27. The van der Waals surface area contributed by atoms with E-state index in [1.807, 2.05) is 26.0 Å². The molecular weight excluding hydrogens is 354 g/mol. The van der Waals surface area contributed by atoms with Gasteiger partial charge in [-0.3, -0.25) is 0 Å². The number of benzene rings is 2. The van der Waals surface area contributed by atoms with Gasteiger partial charge in [-0.1, -0.05) is 15.9 Å². The molecule has 112 valence electrons. The van der Waals surface area contributed by atoms with Gasteiger partial charge in [-0.2, -0.15) is 0 Å². The summed E-state index contributed by atoms with van der Waals surface area (Å²) in [6, 6.07) is 8.40. The van der Waals surface area contributed by atoms with Crippen LogP contribution in [-0.4, -0.2) is 8.42 Å². The third-order valence-corrected chi connectivity index (χ3v) is 5.23. The fourth-order valence-corrected chi connectivity index (χ4v) is 3.01. The number of halogens is 1. The molecule has 0 heterocycles. The van der Waals surface area contributed by atoms with Crippen molar-refractivity contribution in [3.05, 3.63) is 45.9 Å². The predicted octanol–water partition coefficient (Wildman–Crippen LogP) is 3.04. The van der Waals surface area contributed by atoms with Crippen molar-refractivity contribution in [2.24, 2.45) is 5.14 Å². The van der Waals surface area contributed by atoms with Gasteiger partial charge in [0.25, 0.3) is 0 Å². The van der Waals surface area contributed by atoms with Crippen LogP contribution >= 0.6 is 15.9 Å². The van der Waals surface area contributed by atoms with Crippen molar-refractivity contribution in [3.8, 4) is 0 Å². The van der Waals surface area contributed by atoms with Crippen LogP contribution in [0.4, 0.5) is 17.1 Å². The van der Waals surface area contributed by atoms with Gasteiger partial charge < -0.3 is 11.1 Å². The molecule has 21 heavy (non-hydrogen) atoms. The van der Waals surface area contributed by atoms with E-state index in [9.17, 15) is 8.42 Å². The van der Waals surface area contributed by atoms with Crippen molar-refractivity contribution in [3.63, 3.8) is 0 Å². The molecule has 0 radical (unpaired) electrons. The second-order valence-electron chi connectivity index (χ2n) is 4.85. The molecule has 0 saturated heterocycles. The van der Waals surface area contributed by atoms with Crippen LogP contribution in [-0.2, 0) is 10.0 Å². The Labute approximate surface area is 132 Å². The van der Waals surface area contributed by atoms with Crippen LogP contribution < -0.4 is 16.2 Å². The Morgan fingerprint density at radius 1 is 1.10 bits per heavy atom. The average molecular weight is 370 g/mol. The molecule has 2 aromatic carbocycles. The summed E-state index contributed by atoms with van der Waals surface area (Å²) in [7, 11) is -3.86. The molecule has 0 atom stereocenters. The predicted molar refractivity (Wildman–Crippen MR) is 89.1 cm³/mol. The molecule has 0 saturated carbocycles. The molecule has 0 amide bonds. The fourth-order valence-electron chi connectivity index (χ4n) is 2.05. The van der Waals surface area contributed by atoms with Gasteiger partial charge in [0.15, 0.2) is 0 Å². The third kappa shape index (κ3) is 3.55. The topological polar surface area (TPSA) is 98.2 Å². The Morgan fingerprint density at radius 2 is 1.67 bits per heavy atom. The lowest BCUT2D eigenvalue weighted by Gasteiger charge is -2.13. The SMILES string of the molecule is Cc1cc(Nc2ccc(N)cc2S(N)(=O)=O)cc(C)c1Br. The summed E-state index contributed by atoms with van der Waals surface area (Å²) in [5.41, 5.74) is 9.24. The number of hydrogen-bond donors (Lipinski definition) is 3. The van der Waals surface area contributed by atoms with Gasteiger partial charge in [0.05, 0.1) is 5.69 Å². The number of rotatable bonds is 3.